The smallest absolute Gasteiger partial charge is 0.131 e. The molecule has 0 aliphatic heterocycles. The maximum Gasteiger partial charge on any atom is 0.131 e. The van der Waals surface area contributed by atoms with E-state index < -0.39 is 0 Å². The summed E-state index contributed by atoms with van der Waals surface area (Å²) in [5.41, 5.74) is 1.74. The van der Waals surface area contributed by atoms with Gasteiger partial charge in [-0.05, 0) is 11.6 Å². The summed E-state index contributed by atoms with van der Waals surface area (Å²) in [6.45, 7) is 0. The first-order valence-corrected chi connectivity index (χ1v) is 4.72. The van der Waals surface area contributed by atoms with E-state index in [0.29, 0.717) is 16.7 Å². The van der Waals surface area contributed by atoms with Crippen LogP contribution in [-0.4, -0.2) is 9.97 Å². The fourth-order valence-corrected chi connectivity index (χ4v) is 1.43. The van der Waals surface area contributed by atoms with Crippen LogP contribution >= 0.6 is 0 Å². The van der Waals surface area contributed by atoms with Crippen molar-refractivity contribution in [2.24, 2.45) is 0 Å². The van der Waals surface area contributed by atoms with Crippen LogP contribution < -0.4 is 0 Å². The Balaban J connectivity index is 2.41. The summed E-state index contributed by atoms with van der Waals surface area (Å²) in [6, 6.07) is 6.72. The second kappa shape index (κ2) is 4.49. The van der Waals surface area contributed by atoms with Crippen molar-refractivity contribution < 1.29 is 4.39 Å². The van der Waals surface area contributed by atoms with Gasteiger partial charge in [0.25, 0.3) is 0 Å². The highest BCUT2D eigenvalue weighted by atomic mass is 19.1. The lowest BCUT2D eigenvalue weighted by atomic mass is 10.0. The van der Waals surface area contributed by atoms with Crippen molar-refractivity contribution in [2.75, 3.05) is 0 Å². The Bertz CT molecular complexity index is 532. The third-order valence-electron chi connectivity index (χ3n) is 2.19. The predicted octanol–water partition coefficient (Wildman–Crippen LogP) is 2.35. The van der Waals surface area contributed by atoms with Crippen LogP contribution in [0.5, 0.6) is 0 Å². The largest absolute Gasteiger partial charge is 0.244 e. The molecule has 2 aromatic rings. The molecule has 1 aromatic heterocycles. The van der Waals surface area contributed by atoms with Gasteiger partial charge in [0.15, 0.2) is 0 Å². The molecule has 0 aliphatic carbocycles. The van der Waals surface area contributed by atoms with Crippen molar-refractivity contribution in [2.45, 2.75) is 6.42 Å². The van der Waals surface area contributed by atoms with Crippen molar-refractivity contribution in [1.29, 1.82) is 5.26 Å². The second-order valence-corrected chi connectivity index (χ2v) is 3.28. The second-order valence-electron chi connectivity index (χ2n) is 3.28. The number of nitriles is 1. The van der Waals surface area contributed by atoms with E-state index in [2.05, 4.69) is 9.97 Å². The van der Waals surface area contributed by atoms with Crippen molar-refractivity contribution in [3.63, 3.8) is 0 Å². The van der Waals surface area contributed by atoms with E-state index in [0.717, 1.165) is 0 Å². The highest BCUT2D eigenvalue weighted by Crippen LogP contribution is 2.22. The molecule has 0 aliphatic rings. The number of halogens is 1. The molecule has 2 rings (SSSR count). The van der Waals surface area contributed by atoms with Crippen molar-refractivity contribution >= 4 is 0 Å². The molecule has 0 unspecified atom stereocenters. The highest BCUT2D eigenvalue weighted by Gasteiger charge is 2.06. The van der Waals surface area contributed by atoms with Crippen LogP contribution in [-0.2, 0) is 6.42 Å². The Morgan fingerprint density at radius 3 is 2.62 bits per heavy atom. The molecule has 0 spiro atoms. The van der Waals surface area contributed by atoms with E-state index in [9.17, 15) is 4.39 Å². The van der Waals surface area contributed by atoms with Gasteiger partial charge in [0.05, 0.1) is 12.5 Å². The molecule has 1 heterocycles. The Labute approximate surface area is 92.2 Å². The zero-order valence-electron chi connectivity index (χ0n) is 8.39. The van der Waals surface area contributed by atoms with Gasteiger partial charge in [0, 0.05) is 23.5 Å². The molecule has 16 heavy (non-hydrogen) atoms. The minimum absolute atomic E-state index is 0.211. The Morgan fingerprint density at radius 2 is 2.00 bits per heavy atom. The molecular weight excluding hydrogens is 205 g/mol. The molecular formula is C12H8FN3. The summed E-state index contributed by atoms with van der Waals surface area (Å²) < 4.78 is 13.7. The normalized spacial score (nSPS) is 9.75. The summed E-state index contributed by atoms with van der Waals surface area (Å²) in [6.07, 6.45) is 4.71. The highest BCUT2D eigenvalue weighted by molar-refractivity contribution is 5.62. The summed E-state index contributed by atoms with van der Waals surface area (Å²) >= 11 is 0. The molecule has 78 valence electrons. The predicted molar refractivity (Wildman–Crippen MR) is 56.7 cm³/mol. The van der Waals surface area contributed by atoms with Gasteiger partial charge < -0.3 is 0 Å². The third kappa shape index (κ3) is 2.04. The van der Waals surface area contributed by atoms with E-state index in [1.807, 2.05) is 6.07 Å². The molecule has 0 amide bonds. The fraction of sp³-hybridized carbons (Fsp3) is 0.0833. The molecule has 0 fully saturated rings. The van der Waals surface area contributed by atoms with E-state index in [-0.39, 0.29) is 12.2 Å². The first kappa shape index (κ1) is 10.2. The topological polar surface area (TPSA) is 49.6 Å². The van der Waals surface area contributed by atoms with Crippen LogP contribution in [0.2, 0.25) is 0 Å². The summed E-state index contributed by atoms with van der Waals surface area (Å²) in [5, 5.41) is 8.50. The zero-order chi connectivity index (χ0) is 11.4. The van der Waals surface area contributed by atoms with E-state index in [1.165, 1.54) is 12.4 Å². The first-order valence-electron chi connectivity index (χ1n) is 4.72. The molecule has 0 radical (unpaired) electrons. The zero-order valence-corrected chi connectivity index (χ0v) is 8.39. The molecule has 0 N–H and O–H groups in total. The minimum Gasteiger partial charge on any atom is -0.244 e. The standard InChI is InChI=1S/C12H8FN3/c13-12-5-9(3-4-14)1-2-11(12)10-6-15-8-16-7-10/h1-2,5-8H,3H2. The average Bonchev–Trinajstić information content (AvgIpc) is 2.31. The number of rotatable bonds is 2. The van der Waals surface area contributed by atoms with Crippen molar-refractivity contribution in [1.82, 2.24) is 9.97 Å². The molecule has 0 bridgehead atoms. The minimum atomic E-state index is -0.359. The van der Waals surface area contributed by atoms with Gasteiger partial charge >= 0.3 is 0 Å². The Morgan fingerprint density at radius 1 is 1.25 bits per heavy atom. The quantitative estimate of drug-likeness (QED) is 0.769. The fourth-order valence-electron chi connectivity index (χ4n) is 1.43. The Kier molecular flexibility index (Phi) is 2.88. The van der Waals surface area contributed by atoms with Crippen molar-refractivity contribution in [3.05, 3.63) is 48.3 Å². The number of nitrogens with zero attached hydrogens (tertiary/aromatic N) is 3. The number of hydrogen-bond donors (Lipinski definition) is 0. The number of hydrogen-bond acceptors (Lipinski definition) is 3. The van der Waals surface area contributed by atoms with Gasteiger partial charge in [-0.1, -0.05) is 12.1 Å². The lowest BCUT2D eigenvalue weighted by Gasteiger charge is -2.03. The first-order chi connectivity index (χ1) is 7.81. The van der Waals surface area contributed by atoms with Gasteiger partial charge in [0.2, 0.25) is 0 Å². The molecule has 4 heteroatoms. The van der Waals surface area contributed by atoms with Gasteiger partial charge in [-0.2, -0.15) is 5.26 Å². The lowest BCUT2D eigenvalue weighted by molar-refractivity contribution is 0.629. The van der Waals surface area contributed by atoms with Gasteiger partial charge in [-0.3, -0.25) is 0 Å². The molecule has 0 saturated carbocycles. The van der Waals surface area contributed by atoms with E-state index in [4.69, 9.17) is 5.26 Å². The SMILES string of the molecule is N#CCc1ccc(-c2cncnc2)c(F)c1. The number of benzene rings is 1. The monoisotopic (exact) mass is 213 g/mol. The van der Waals surface area contributed by atoms with Crippen LogP contribution in [0.25, 0.3) is 11.1 Å². The van der Waals surface area contributed by atoms with E-state index in [1.54, 1.807) is 24.5 Å². The van der Waals surface area contributed by atoms with Crippen LogP contribution in [0.3, 0.4) is 0 Å². The van der Waals surface area contributed by atoms with Gasteiger partial charge in [-0.15, -0.1) is 0 Å². The van der Waals surface area contributed by atoms with Crippen LogP contribution in [0.15, 0.2) is 36.9 Å². The number of aromatic nitrogens is 2. The average molecular weight is 213 g/mol. The van der Waals surface area contributed by atoms with Gasteiger partial charge in [0.1, 0.15) is 12.1 Å². The summed E-state index contributed by atoms with van der Waals surface area (Å²) in [7, 11) is 0. The summed E-state index contributed by atoms with van der Waals surface area (Å²) in [5.74, 6) is -0.359. The molecule has 3 nitrogen and oxygen atoms in total. The van der Waals surface area contributed by atoms with Crippen molar-refractivity contribution in [3.8, 4) is 17.2 Å². The lowest BCUT2D eigenvalue weighted by Crippen LogP contribution is -1.89. The van der Waals surface area contributed by atoms with Crippen LogP contribution in [0.1, 0.15) is 5.56 Å². The molecule has 1 aromatic carbocycles. The molecule has 0 atom stereocenters. The van der Waals surface area contributed by atoms with E-state index >= 15 is 0 Å². The maximum absolute atomic E-state index is 13.7. The van der Waals surface area contributed by atoms with Gasteiger partial charge in [-0.25, -0.2) is 14.4 Å². The van der Waals surface area contributed by atoms with Crippen LogP contribution in [0, 0.1) is 17.1 Å². The van der Waals surface area contributed by atoms with Crippen LogP contribution in [0.4, 0.5) is 4.39 Å². The summed E-state index contributed by atoms with van der Waals surface area (Å²) in [4.78, 5) is 7.66. The molecule has 0 saturated heterocycles. The maximum atomic E-state index is 13.7. The Hall–Kier alpha value is -2.28. The third-order valence-corrected chi connectivity index (χ3v) is 2.19.